The summed E-state index contributed by atoms with van der Waals surface area (Å²) >= 11 is 0. The van der Waals surface area contributed by atoms with Gasteiger partial charge in [0.05, 0.1) is 0 Å². The third-order valence-electron chi connectivity index (χ3n) is 5.25. The van der Waals surface area contributed by atoms with E-state index in [1.165, 1.54) is 43.8 Å². The molecule has 1 nitrogen and oxygen atoms in total. The largest absolute Gasteiger partial charge is 0.456 e. The minimum Gasteiger partial charge on any atom is -0.456 e. The molecule has 0 radical (unpaired) electrons. The van der Waals surface area contributed by atoms with Crippen molar-refractivity contribution in [3.05, 3.63) is 83.9 Å². The third kappa shape index (κ3) is 1.54. The molecular weight excluding hydrogens is 292 g/mol. The Kier molecular flexibility index (Phi) is 2.20. The van der Waals surface area contributed by atoms with Gasteiger partial charge in [-0.25, -0.2) is 0 Å². The molecule has 4 aromatic carbocycles. The molecule has 0 spiro atoms. The fourth-order valence-corrected chi connectivity index (χ4v) is 4.09. The van der Waals surface area contributed by atoms with Crippen LogP contribution in [0.25, 0.3) is 43.8 Å². The quantitative estimate of drug-likeness (QED) is 0.320. The van der Waals surface area contributed by atoms with Crippen molar-refractivity contribution in [2.75, 3.05) is 0 Å². The fourth-order valence-electron chi connectivity index (χ4n) is 4.09. The third-order valence-corrected chi connectivity index (χ3v) is 5.25. The van der Waals surface area contributed by atoms with Crippen LogP contribution in [0.3, 0.4) is 0 Å². The molecule has 0 bridgehead atoms. The second-order valence-electron chi connectivity index (χ2n) is 6.64. The highest BCUT2D eigenvalue weighted by atomic mass is 16.3. The zero-order valence-corrected chi connectivity index (χ0v) is 13.0. The van der Waals surface area contributed by atoms with E-state index in [1.807, 2.05) is 0 Å². The number of furan rings is 1. The van der Waals surface area contributed by atoms with Crippen LogP contribution >= 0.6 is 0 Å². The van der Waals surface area contributed by atoms with Crippen molar-refractivity contribution in [2.45, 2.75) is 6.42 Å². The minimum absolute atomic E-state index is 0.973. The molecule has 0 aliphatic heterocycles. The van der Waals surface area contributed by atoms with Gasteiger partial charge in [-0.1, -0.05) is 48.5 Å². The Morgan fingerprint density at radius 3 is 2.21 bits per heavy atom. The summed E-state index contributed by atoms with van der Waals surface area (Å²) in [5.74, 6) is 0. The topological polar surface area (TPSA) is 13.1 Å². The van der Waals surface area contributed by atoms with Gasteiger partial charge in [-0.3, -0.25) is 0 Å². The van der Waals surface area contributed by atoms with Crippen LogP contribution < -0.4 is 0 Å². The lowest BCUT2D eigenvalue weighted by atomic mass is 10.0. The summed E-state index contributed by atoms with van der Waals surface area (Å²) in [5.41, 5.74) is 7.47. The molecule has 1 aliphatic carbocycles. The van der Waals surface area contributed by atoms with Gasteiger partial charge in [0, 0.05) is 10.8 Å². The number of benzene rings is 4. The predicted octanol–water partition coefficient (Wildman–Crippen LogP) is 6.31. The molecule has 6 rings (SSSR count). The molecule has 0 unspecified atom stereocenters. The highest BCUT2D eigenvalue weighted by Gasteiger charge is 2.20. The molecule has 0 saturated carbocycles. The standard InChI is InChI=1S/C23H14O/c1-2-6-15-11-22-20(10-14(15)5-1)21-13-19-17(12-23(21)24-22)9-16-7-3-4-8-18(16)19/h1-8,10-13H,9H2. The molecule has 0 amide bonds. The van der Waals surface area contributed by atoms with Gasteiger partial charge in [-0.15, -0.1) is 0 Å². The van der Waals surface area contributed by atoms with Crippen molar-refractivity contribution >= 4 is 32.7 Å². The Labute approximate surface area is 139 Å². The van der Waals surface area contributed by atoms with Crippen molar-refractivity contribution in [1.29, 1.82) is 0 Å². The Morgan fingerprint density at radius 2 is 1.29 bits per heavy atom. The first-order valence-electron chi connectivity index (χ1n) is 8.33. The van der Waals surface area contributed by atoms with E-state index in [4.69, 9.17) is 4.42 Å². The number of fused-ring (bicyclic) bond motifs is 7. The van der Waals surface area contributed by atoms with E-state index >= 15 is 0 Å². The van der Waals surface area contributed by atoms with E-state index in [0.29, 0.717) is 0 Å². The summed E-state index contributed by atoms with van der Waals surface area (Å²) in [6.07, 6.45) is 1.00. The van der Waals surface area contributed by atoms with E-state index in [2.05, 4.69) is 72.8 Å². The Balaban J connectivity index is 1.73. The fraction of sp³-hybridized carbons (Fsp3) is 0.0435. The van der Waals surface area contributed by atoms with Crippen LogP contribution in [0.2, 0.25) is 0 Å². The Bertz CT molecular complexity index is 1270. The molecule has 24 heavy (non-hydrogen) atoms. The number of hydrogen-bond donors (Lipinski definition) is 0. The molecule has 112 valence electrons. The summed E-state index contributed by atoms with van der Waals surface area (Å²) in [6, 6.07) is 26.1. The summed E-state index contributed by atoms with van der Waals surface area (Å²) < 4.78 is 6.18. The molecule has 1 aliphatic rings. The van der Waals surface area contributed by atoms with Gasteiger partial charge in [-0.05, 0) is 63.7 Å². The van der Waals surface area contributed by atoms with Gasteiger partial charge in [-0.2, -0.15) is 0 Å². The van der Waals surface area contributed by atoms with Crippen LogP contribution in [-0.2, 0) is 6.42 Å². The maximum absolute atomic E-state index is 6.18. The lowest BCUT2D eigenvalue weighted by Gasteiger charge is -2.01. The number of hydrogen-bond acceptors (Lipinski definition) is 1. The monoisotopic (exact) mass is 306 g/mol. The lowest BCUT2D eigenvalue weighted by molar-refractivity contribution is 0.669. The molecule has 1 heterocycles. The zero-order chi connectivity index (χ0) is 15.7. The van der Waals surface area contributed by atoms with Crippen LogP contribution in [-0.4, -0.2) is 0 Å². The molecule has 0 atom stereocenters. The SMILES string of the molecule is c1ccc2c(c1)Cc1cc3oc4cc5ccccc5cc4c3cc1-2. The van der Waals surface area contributed by atoms with Gasteiger partial charge in [0.25, 0.3) is 0 Å². The van der Waals surface area contributed by atoms with Crippen molar-refractivity contribution in [1.82, 2.24) is 0 Å². The first-order valence-corrected chi connectivity index (χ1v) is 8.33. The molecule has 5 aromatic rings. The first-order chi connectivity index (χ1) is 11.9. The van der Waals surface area contributed by atoms with Gasteiger partial charge in [0.15, 0.2) is 0 Å². The van der Waals surface area contributed by atoms with Gasteiger partial charge < -0.3 is 4.42 Å². The van der Waals surface area contributed by atoms with Crippen LogP contribution in [0.4, 0.5) is 0 Å². The smallest absolute Gasteiger partial charge is 0.136 e. The van der Waals surface area contributed by atoms with Crippen LogP contribution in [0.15, 0.2) is 77.2 Å². The van der Waals surface area contributed by atoms with Gasteiger partial charge in [0.1, 0.15) is 11.2 Å². The average molecular weight is 306 g/mol. The molecular formula is C23H14O. The highest BCUT2D eigenvalue weighted by Crippen LogP contribution is 2.41. The van der Waals surface area contributed by atoms with E-state index in [0.717, 1.165) is 17.6 Å². The molecule has 1 aromatic heterocycles. The minimum atomic E-state index is 0.973. The maximum atomic E-state index is 6.18. The summed E-state index contributed by atoms with van der Waals surface area (Å²) in [4.78, 5) is 0. The second kappa shape index (κ2) is 4.27. The lowest BCUT2D eigenvalue weighted by Crippen LogP contribution is -1.79. The van der Waals surface area contributed by atoms with Crippen molar-refractivity contribution in [3.63, 3.8) is 0 Å². The van der Waals surface area contributed by atoms with Crippen LogP contribution in [0, 0.1) is 0 Å². The number of rotatable bonds is 0. The van der Waals surface area contributed by atoms with Crippen LogP contribution in [0.5, 0.6) is 0 Å². The summed E-state index contributed by atoms with van der Waals surface area (Å²) in [6.45, 7) is 0. The van der Waals surface area contributed by atoms with E-state index in [1.54, 1.807) is 0 Å². The maximum Gasteiger partial charge on any atom is 0.136 e. The predicted molar refractivity (Wildman–Crippen MR) is 99.5 cm³/mol. The van der Waals surface area contributed by atoms with Crippen molar-refractivity contribution in [3.8, 4) is 11.1 Å². The molecule has 0 N–H and O–H groups in total. The Hall–Kier alpha value is -3.06. The normalized spacial score (nSPS) is 12.8. The molecule has 0 fully saturated rings. The second-order valence-corrected chi connectivity index (χ2v) is 6.64. The van der Waals surface area contributed by atoms with E-state index < -0.39 is 0 Å². The van der Waals surface area contributed by atoms with E-state index in [9.17, 15) is 0 Å². The summed E-state index contributed by atoms with van der Waals surface area (Å²) in [5, 5.41) is 4.90. The summed E-state index contributed by atoms with van der Waals surface area (Å²) in [7, 11) is 0. The Morgan fingerprint density at radius 1 is 0.583 bits per heavy atom. The van der Waals surface area contributed by atoms with Crippen molar-refractivity contribution < 1.29 is 4.42 Å². The first kappa shape index (κ1) is 12.4. The zero-order valence-electron chi connectivity index (χ0n) is 13.0. The van der Waals surface area contributed by atoms with Crippen molar-refractivity contribution in [2.24, 2.45) is 0 Å². The van der Waals surface area contributed by atoms with E-state index in [-0.39, 0.29) is 0 Å². The highest BCUT2D eigenvalue weighted by molar-refractivity contribution is 6.11. The van der Waals surface area contributed by atoms with Gasteiger partial charge >= 0.3 is 0 Å². The van der Waals surface area contributed by atoms with Gasteiger partial charge in [0.2, 0.25) is 0 Å². The average Bonchev–Trinajstić information content (AvgIpc) is 3.14. The molecule has 1 heteroatoms. The molecule has 0 saturated heterocycles. The van der Waals surface area contributed by atoms with Crippen LogP contribution in [0.1, 0.15) is 11.1 Å².